The van der Waals surface area contributed by atoms with Gasteiger partial charge in [0, 0.05) is 18.0 Å². The molecule has 0 aliphatic rings. The molecule has 0 radical (unpaired) electrons. The predicted octanol–water partition coefficient (Wildman–Crippen LogP) is 3.99. The molecule has 0 bridgehead atoms. The summed E-state index contributed by atoms with van der Waals surface area (Å²) in [7, 11) is 4.94. The molecule has 0 saturated heterocycles. The standard InChI is InChI=1S/C18H19N3O4S2/c1-10-15(17(19-2)27-21-10)18(22)25-8-12-9-26-16(20-12)11-5-6-13(23-3)14(7-11)24-4/h5-7,9,19H,8H2,1-4H3. The zero-order chi connectivity index (χ0) is 19.4. The molecule has 0 fully saturated rings. The Bertz CT molecular complexity index is 952. The van der Waals surface area contributed by atoms with Gasteiger partial charge in [-0.15, -0.1) is 11.3 Å². The molecule has 0 saturated carbocycles. The minimum absolute atomic E-state index is 0.0983. The van der Waals surface area contributed by atoms with Gasteiger partial charge in [0.05, 0.1) is 25.6 Å². The summed E-state index contributed by atoms with van der Waals surface area (Å²) in [4.78, 5) is 16.9. The van der Waals surface area contributed by atoms with Crippen molar-refractivity contribution in [2.24, 2.45) is 0 Å². The molecule has 27 heavy (non-hydrogen) atoms. The van der Waals surface area contributed by atoms with Crippen LogP contribution in [0.2, 0.25) is 0 Å². The van der Waals surface area contributed by atoms with Crippen LogP contribution in [0.3, 0.4) is 0 Å². The number of methoxy groups -OCH3 is 2. The Morgan fingerprint density at radius 2 is 2.00 bits per heavy atom. The summed E-state index contributed by atoms with van der Waals surface area (Å²) < 4.78 is 20.2. The number of hydrogen-bond donors (Lipinski definition) is 1. The number of ether oxygens (including phenoxy) is 3. The van der Waals surface area contributed by atoms with Gasteiger partial charge in [-0.2, -0.15) is 4.37 Å². The number of aryl methyl sites for hydroxylation is 1. The van der Waals surface area contributed by atoms with Gasteiger partial charge >= 0.3 is 5.97 Å². The van der Waals surface area contributed by atoms with E-state index in [1.165, 1.54) is 22.9 Å². The second-order valence-corrected chi connectivity index (χ2v) is 7.14. The zero-order valence-corrected chi connectivity index (χ0v) is 17.0. The molecule has 2 heterocycles. The number of esters is 1. The van der Waals surface area contributed by atoms with Crippen molar-refractivity contribution in [3.8, 4) is 22.1 Å². The number of aromatic nitrogens is 2. The summed E-state index contributed by atoms with van der Waals surface area (Å²) in [5, 5.41) is 6.34. The van der Waals surface area contributed by atoms with Crippen LogP contribution in [-0.4, -0.2) is 36.6 Å². The second kappa shape index (κ2) is 8.36. The average Bonchev–Trinajstić information content (AvgIpc) is 3.32. The molecule has 0 amide bonds. The van der Waals surface area contributed by atoms with E-state index in [2.05, 4.69) is 14.7 Å². The molecule has 2 aromatic heterocycles. The van der Waals surface area contributed by atoms with E-state index >= 15 is 0 Å². The van der Waals surface area contributed by atoms with Crippen molar-refractivity contribution in [1.29, 1.82) is 0 Å². The van der Waals surface area contributed by atoms with Crippen LogP contribution >= 0.6 is 22.9 Å². The van der Waals surface area contributed by atoms with Gasteiger partial charge < -0.3 is 19.5 Å². The highest BCUT2D eigenvalue weighted by atomic mass is 32.1. The number of anilines is 1. The van der Waals surface area contributed by atoms with E-state index in [1.807, 2.05) is 23.6 Å². The first kappa shape index (κ1) is 19.1. The van der Waals surface area contributed by atoms with Gasteiger partial charge in [0.15, 0.2) is 11.5 Å². The maximum absolute atomic E-state index is 12.4. The molecule has 0 spiro atoms. The third kappa shape index (κ3) is 4.04. The van der Waals surface area contributed by atoms with Crippen LogP contribution in [-0.2, 0) is 11.3 Å². The van der Waals surface area contributed by atoms with Crippen molar-refractivity contribution in [3.63, 3.8) is 0 Å². The molecule has 142 valence electrons. The fourth-order valence-corrected chi connectivity index (χ4v) is 4.00. The first-order valence-electron chi connectivity index (χ1n) is 8.05. The van der Waals surface area contributed by atoms with Crippen molar-refractivity contribution in [2.75, 3.05) is 26.6 Å². The smallest absolute Gasteiger partial charge is 0.343 e. The van der Waals surface area contributed by atoms with Crippen LogP contribution < -0.4 is 14.8 Å². The van der Waals surface area contributed by atoms with Crippen molar-refractivity contribution >= 4 is 33.8 Å². The summed E-state index contributed by atoms with van der Waals surface area (Å²) >= 11 is 2.71. The molecular weight excluding hydrogens is 386 g/mol. The maximum atomic E-state index is 12.4. The van der Waals surface area contributed by atoms with E-state index in [4.69, 9.17) is 14.2 Å². The molecular formula is C18H19N3O4S2. The lowest BCUT2D eigenvalue weighted by Gasteiger charge is -2.08. The summed E-state index contributed by atoms with van der Waals surface area (Å²) in [6, 6.07) is 5.61. The lowest BCUT2D eigenvalue weighted by Crippen LogP contribution is -2.08. The van der Waals surface area contributed by atoms with Gasteiger partial charge in [0.1, 0.15) is 22.2 Å². The third-order valence-electron chi connectivity index (χ3n) is 3.83. The van der Waals surface area contributed by atoms with Crippen molar-refractivity contribution in [1.82, 2.24) is 9.36 Å². The summed E-state index contributed by atoms with van der Waals surface area (Å²) in [6.45, 7) is 1.88. The summed E-state index contributed by atoms with van der Waals surface area (Å²) in [6.07, 6.45) is 0. The van der Waals surface area contributed by atoms with E-state index in [1.54, 1.807) is 28.2 Å². The van der Waals surface area contributed by atoms with Crippen molar-refractivity contribution < 1.29 is 19.0 Å². The highest BCUT2D eigenvalue weighted by Gasteiger charge is 2.19. The third-order valence-corrected chi connectivity index (χ3v) is 5.72. The first-order valence-corrected chi connectivity index (χ1v) is 9.70. The molecule has 0 atom stereocenters. The number of carbonyl (C=O) groups excluding carboxylic acids is 1. The number of nitrogens with one attached hydrogen (secondary N) is 1. The molecule has 3 aromatic rings. The van der Waals surface area contributed by atoms with Crippen LogP contribution in [0.1, 0.15) is 21.7 Å². The number of nitrogens with zero attached hydrogens (tertiary/aromatic N) is 2. The van der Waals surface area contributed by atoms with Gasteiger partial charge in [0.2, 0.25) is 0 Å². The van der Waals surface area contributed by atoms with Crippen LogP contribution in [0, 0.1) is 6.92 Å². The van der Waals surface area contributed by atoms with Crippen LogP contribution in [0.15, 0.2) is 23.6 Å². The van der Waals surface area contributed by atoms with Crippen LogP contribution in [0.4, 0.5) is 5.00 Å². The Hall–Kier alpha value is -2.65. The average molecular weight is 406 g/mol. The number of rotatable bonds is 7. The Balaban J connectivity index is 1.71. The van der Waals surface area contributed by atoms with Gasteiger partial charge in [0.25, 0.3) is 0 Å². The first-order chi connectivity index (χ1) is 13.1. The lowest BCUT2D eigenvalue weighted by atomic mass is 10.2. The zero-order valence-electron chi connectivity index (χ0n) is 15.4. The summed E-state index contributed by atoms with van der Waals surface area (Å²) in [5.74, 6) is 0.886. The fraction of sp³-hybridized carbons (Fsp3) is 0.278. The van der Waals surface area contributed by atoms with Crippen LogP contribution in [0.25, 0.3) is 10.6 Å². The topological polar surface area (TPSA) is 82.6 Å². The Morgan fingerprint density at radius 3 is 2.70 bits per heavy atom. The molecule has 0 aliphatic carbocycles. The fourth-order valence-electron chi connectivity index (χ4n) is 2.47. The van der Waals surface area contributed by atoms with E-state index in [-0.39, 0.29) is 6.61 Å². The minimum Gasteiger partial charge on any atom is -0.493 e. The molecule has 7 nitrogen and oxygen atoms in total. The van der Waals surface area contributed by atoms with Gasteiger partial charge in [-0.3, -0.25) is 0 Å². The summed E-state index contributed by atoms with van der Waals surface area (Å²) in [5.41, 5.74) is 2.71. The van der Waals surface area contributed by atoms with Crippen molar-refractivity contribution in [2.45, 2.75) is 13.5 Å². The molecule has 1 N–H and O–H groups in total. The van der Waals surface area contributed by atoms with Gasteiger partial charge in [-0.25, -0.2) is 9.78 Å². The molecule has 0 unspecified atom stereocenters. The van der Waals surface area contributed by atoms with Crippen LogP contribution in [0.5, 0.6) is 11.5 Å². The van der Waals surface area contributed by atoms with Crippen molar-refractivity contribution in [3.05, 3.63) is 40.5 Å². The minimum atomic E-state index is -0.411. The number of hydrogen-bond acceptors (Lipinski definition) is 9. The van der Waals surface area contributed by atoms with Gasteiger partial charge in [-0.1, -0.05) is 0 Å². The lowest BCUT2D eigenvalue weighted by molar-refractivity contribution is 0.0469. The number of carbonyl (C=O) groups is 1. The molecule has 0 aliphatic heterocycles. The SMILES string of the molecule is CNc1snc(C)c1C(=O)OCc1csc(-c2ccc(OC)c(OC)c2)n1. The van der Waals surface area contributed by atoms with E-state index in [0.29, 0.717) is 33.5 Å². The van der Waals surface area contributed by atoms with E-state index in [9.17, 15) is 4.79 Å². The largest absolute Gasteiger partial charge is 0.493 e. The molecule has 9 heteroatoms. The second-order valence-electron chi connectivity index (χ2n) is 5.51. The normalized spacial score (nSPS) is 10.5. The Kier molecular flexibility index (Phi) is 5.92. The quantitative estimate of drug-likeness (QED) is 0.595. The monoisotopic (exact) mass is 405 g/mol. The Morgan fingerprint density at radius 1 is 1.22 bits per heavy atom. The molecule has 1 aromatic carbocycles. The van der Waals surface area contributed by atoms with E-state index < -0.39 is 5.97 Å². The number of thiazole rings is 1. The molecule has 3 rings (SSSR count). The highest BCUT2D eigenvalue weighted by molar-refractivity contribution is 7.13. The van der Waals surface area contributed by atoms with E-state index in [0.717, 1.165) is 10.6 Å². The highest BCUT2D eigenvalue weighted by Crippen LogP contribution is 2.33. The maximum Gasteiger partial charge on any atom is 0.343 e. The van der Waals surface area contributed by atoms with Gasteiger partial charge in [-0.05, 0) is 36.7 Å². The number of benzene rings is 1. The Labute approximate surface area is 165 Å². The predicted molar refractivity (Wildman–Crippen MR) is 106 cm³/mol.